The number of rotatable bonds is 2. The van der Waals surface area contributed by atoms with Gasteiger partial charge in [-0.1, -0.05) is 0 Å². The Balaban J connectivity index is 2.04. The Kier molecular flexibility index (Phi) is 2.00. The summed E-state index contributed by atoms with van der Waals surface area (Å²) >= 11 is 3.53. The van der Waals surface area contributed by atoms with Crippen LogP contribution in [0.2, 0.25) is 0 Å². The topological polar surface area (TPSA) is 39.6 Å². The van der Waals surface area contributed by atoms with E-state index < -0.39 is 0 Å². The first-order valence-corrected chi connectivity index (χ1v) is 5.99. The molecule has 2 saturated heterocycles. The molecule has 2 aliphatic heterocycles. The quantitative estimate of drug-likeness (QED) is 0.770. The number of hydrogen-bond donors (Lipinski definition) is 0. The van der Waals surface area contributed by atoms with Gasteiger partial charge in [-0.3, -0.25) is 4.68 Å². The summed E-state index contributed by atoms with van der Waals surface area (Å²) in [5.41, 5.74) is 0.893. The van der Waals surface area contributed by atoms with Gasteiger partial charge in [0.15, 0.2) is 5.60 Å². The van der Waals surface area contributed by atoms with Crippen LogP contribution in [0.1, 0.15) is 19.5 Å². The Morgan fingerprint density at radius 3 is 3.07 bits per heavy atom. The van der Waals surface area contributed by atoms with Gasteiger partial charge < -0.3 is 9.47 Å². The summed E-state index contributed by atoms with van der Waals surface area (Å²) in [5.74, 6) is 0. The molecule has 3 atom stereocenters. The third kappa shape index (κ3) is 1.17. The van der Waals surface area contributed by atoms with E-state index in [2.05, 4.69) is 34.9 Å². The van der Waals surface area contributed by atoms with Gasteiger partial charge in [0.25, 0.3) is 0 Å². The highest BCUT2D eigenvalue weighted by Gasteiger charge is 2.67. The highest BCUT2D eigenvalue weighted by atomic mass is 79.9. The minimum Gasteiger partial charge on any atom is -0.372 e. The van der Waals surface area contributed by atoms with Gasteiger partial charge in [-0.05, 0) is 29.8 Å². The molecule has 82 valence electrons. The molecule has 3 heterocycles. The number of hydrogen-bond acceptors (Lipinski definition) is 3. The van der Waals surface area contributed by atoms with Crippen LogP contribution in [0.4, 0.5) is 0 Å². The van der Waals surface area contributed by atoms with Crippen molar-refractivity contribution in [2.24, 2.45) is 0 Å². The smallest absolute Gasteiger partial charge is 0.163 e. The number of halogens is 1. The van der Waals surface area contributed by atoms with Crippen molar-refractivity contribution in [3.8, 4) is 0 Å². The number of fused-ring (bicyclic) bond motifs is 1. The normalized spacial score (nSPS) is 38.1. The van der Waals surface area contributed by atoms with Crippen LogP contribution < -0.4 is 0 Å². The van der Waals surface area contributed by atoms with E-state index in [1.165, 1.54) is 0 Å². The van der Waals surface area contributed by atoms with Gasteiger partial charge in [0.05, 0.1) is 29.1 Å². The lowest BCUT2D eigenvalue weighted by atomic mass is 10.0. The SMILES string of the molecule is CCn1ncc(Br)c1C12COC(C)C1O2. The van der Waals surface area contributed by atoms with Crippen LogP contribution in [0.3, 0.4) is 0 Å². The fraction of sp³-hybridized carbons (Fsp3) is 0.700. The van der Waals surface area contributed by atoms with E-state index in [0.717, 1.165) is 16.7 Å². The van der Waals surface area contributed by atoms with E-state index in [1.807, 2.05) is 10.9 Å². The minimum absolute atomic E-state index is 0.192. The van der Waals surface area contributed by atoms with E-state index in [-0.39, 0.29) is 17.8 Å². The number of epoxide rings is 1. The molecular formula is C10H13BrN2O2. The Morgan fingerprint density at radius 1 is 1.73 bits per heavy atom. The van der Waals surface area contributed by atoms with E-state index in [9.17, 15) is 0 Å². The zero-order valence-electron chi connectivity index (χ0n) is 8.74. The van der Waals surface area contributed by atoms with Gasteiger partial charge in [-0.2, -0.15) is 5.10 Å². The van der Waals surface area contributed by atoms with Gasteiger partial charge in [-0.25, -0.2) is 0 Å². The van der Waals surface area contributed by atoms with Crippen molar-refractivity contribution in [1.82, 2.24) is 9.78 Å². The fourth-order valence-electron chi connectivity index (χ4n) is 2.41. The van der Waals surface area contributed by atoms with E-state index in [0.29, 0.717) is 6.61 Å². The second kappa shape index (κ2) is 3.06. The molecule has 0 aliphatic carbocycles. The molecule has 0 amide bonds. The third-order valence-electron chi connectivity index (χ3n) is 3.22. The summed E-state index contributed by atoms with van der Waals surface area (Å²) in [6.45, 7) is 5.63. The van der Waals surface area contributed by atoms with Gasteiger partial charge in [0.1, 0.15) is 6.10 Å². The largest absolute Gasteiger partial charge is 0.372 e. The Morgan fingerprint density at radius 2 is 2.53 bits per heavy atom. The molecular weight excluding hydrogens is 260 g/mol. The van der Waals surface area contributed by atoms with Gasteiger partial charge in [0.2, 0.25) is 0 Å². The van der Waals surface area contributed by atoms with Gasteiger partial charge in [0, 0.05) is 6.54 Å². The number of nitrogens with zero attached hydrogens (tertiary/aromatic N) is 2. The monoisotopic (exact) mass is 272 g/mol. The lowest BCUT2D eigenvalue weighted by Gasteiger charge is -2.11. The molecule has 3 unspecified atom stereocenters. The van der Waals surface area contributed by atoms with E-state index in [4.69, 9.17) is 9.47 Å². The number of aromatic nitrogens is 2. The van der Waals surface area contributed by atoms with Crippen LogP contribution in [-0.2, 0) is 21.6 Å². The third-order valence-corrected chi connectivity index (χ3v) is 3.80. The van der Waals surface area contributed by atoms with Crippen LogP contribution in [0.25, 0.3) is 0 Å². The Bertz CT molecular complexity index is 406. The Hall–Kier alpha value is -0.390. The maximum absolute atomic E-state index is 5.80. The Labute approximate surface area is 96.7 Å². The molecule has 0 radical (unpaired) electrons. The molecule has 1 aromatic rings. The lowest BCUT2D eigenvalue weighted by Crippen LogP contribution is -2.19. The summed E-state index contributed by atoms with van der Waals surface area (Å²) in [6, 6.07) is 0. The molecule has 4 nitrogen and oxygen atoms in total. The van der Waals surface area contributed by atoms with Crippen LogP contribution in [0.15, 0.2) is 10.7 Å². The number of aryl methyl sites for hydroxylation is 1. The summed E-state index contributed by atoms with van der Waals surface area (Å²) < 4.78 is 14.4. The molecule has 0 spiro atoms. The highest BCUT2D eigenvalue weighted by molar-refractivity contribution is 9.10. The average molecular weight is 273 g/mol. The second-order valence-corrected chi connectivity index (χ2v) is 4.96. The molecule has 1 aromatic heterocycles. The summed E-state index contributed by atoms with van der Waals surface area (Å²) in [4.78, 5) is 0. The lowest BCUT2D eigenvalue weighted by molar-refractivity contribution is 0.0169. The zero-order chi connectivity index (χ0) is 10.6. The minimum atomic E-state index is -0.231. The van der Waals surface area contributed by atoms with Crippen molar-refractivity contribution in [2.75, 3.05) is 6.61 Å². The van der Waals surface area contributed by atoms with Gasteiger partial charge >= 0.3 is 0 Å². The standard InChI is InChI=1S/C10H13BrN2O2/c1-3-13-8(7(11)4-12-13)10-5-14-6(2)9(10)15-10/h4,6,9H,3,5H2,1-2H3. The van der Waals surface area contributed by atoms with Crippen LogP contribution in [0, 0.1) is 0 Å². The average Bonchev–Trinajstić information content (AvgIpc) is 2.72. The molecule has 2 aliphatic rings. The van der Waals surface area contributed by atoms with Crippen LogP contribution in [0.5, 0.6) is 0 Å². The summed E-state index contributed by atoms with van der Waals surface area (Å²) in [7, 11) is 0. The van der Waals surface area contributed by atoms with Crippen molar-refractivity contribution in [3.05, 3.63) is 16.4 Å². The van der Waals surface area contributed by atoms with Crippen molar-refractivity contribution in [3.63, 3.8) is 0 Å². The van der Waals surface area contributed by atoms with Crippen molar-refractivity contribution in [1.29, 1.82) is 0 Å². The van der Waals surface area contributed by atoms with Gasteiger partial charge in [-0.15, -0.1) is 0 Å². The van der Waals surface area contributed by atoms with E-state index >= 15 is 0 Å². The maximum atomic E-state index is 5.80. The second-order valence-electron chi connectivity index (χ2n) is 4.10. The van der Waals surface area contributed by atoms with Crippen LogP contribution in [-0.4, -0.2) is 28.6 Å². The van der Waals surface area contributed by atoms with Crippen molar-refractivity contribution in [2.45, 2.75) is 38.2 Å². The fourth-order valence-corrected chi connectivity index (χ4v) is 3.04. The van der Waals surface area contributed by atoms with Crippen molar-refractivity contribution >= 4 is 15.9 Å². The molecule has 0 saturated carbocycles. The molecule has 15 heavy (non-hydrogen) atoms. The number of ether oxygens (including phenoxy) is 2. The first-order chi connectivity index (χ1) is 7.19. The zero-order valence-corrected chi connectivity index (χ0v) is 10.3. The first-order valence-electron chi connectivity index (χ1n) is 5.20. The summed E-state index contributed by atoms with van der Waals surface area (Å²) in [5, 5.41) is 4.31. The van der Waals surface area contributed by atoms with E-state index in [1.54, 1.807) is 0 Å². The first kappa shape index (κ1) is 9.81. The predicted molar refractivity (Wildman–Crippen MR) is 57.6 cm³/mol. The molecule has 0 aromatic carbocycles. The van der Waals surface area contributed by atoms with Crippen LogP contribution >= 0.6 is 15.9 Å². The molecule has 5 heteroatoms. The van der Waals surface area contributed by atoms with Crippen molar-refractivity contribution < 1.29 is 9.47 Å². The summed E-state index contributed by atoms with van der Waals surface area (Å²) in [6.07, 6.45) is 2.22. The molecule has 3 rings (SSSR count). The molecule has 2 fully saturated rings. The maximum Gasteiger partial charge on any atom is 0.163 e. The predicted octanol–water partition coefficient (Wildman–Crippen LogP) is 1.68. The molecule has 0 N–H and O–H groups in total. The highest BCUT2D eigenvalue weighted by Crippen LogP contribution is 2.54. The molecule has 0 bridgehead atoms.